The molecule has 5 rings (SSSR count). The molecule has 0 atom stereocenters. The summed E-state index contributed by atoms with van der Waals surface area (Å²) in [6, 6.07) is 9.57. The van der Waals surface area contributed by atoms with Crippen molar-refractivity contribution in [3.05, 3.63) is 73.1 Å². The van der Waals surface area contributed by atoms with E-state index in [1.807, 2.05) is 44.2 Å². The minimum atomic E-state index is -0.479. The smallest absolute Gasteiger partial charge is 0.262 e. The van der Waals surface area contributed by atoms with Gasteiger partial charge in [0.1, 0.15) is 0 Å². The number of carbonyl (C=O) groups excluding carboxylic acids is 3. The Morgan fingerprint density at radius 2 is 1.57 bits per heavy atom. The minimum absolute atomic E-state index is 0.0698. The van der Waals surface area contributed by atoms with Crippen molar-refractivity contribution in [2.75, 3.05) is 19.0 Å². The predicted molar refractivity (Wildman–Crippen MR) is 172 cm³/mol. The van der Waals surface area contributed by atoms with Gasteiger partial charge >= 0.3 is 0 Å². The number of nitrogens with one attached hydrogen (secondary N) is 2. The molecule has 0 aromatic heterocycles. The molecule has 3 aliphatic rings. The maximum Gasteiger partial charge on any atom is 0.262 e. The number of halogens is 1. The third kappa shape index (κ3) is 5.87. The molecule has 1 amide bonds. The molecule has 1 aliphatic heterocycles. The van der Waals surface area contributed by atoms with E-state index < -0.39 is 5.92 Å². The molecular weight excluding hydrogens is 643 g/mol. The highest BCUT2D eigenvalue weighted by molar-refractivity contribution is 14.1. The van der Waals surface area contributed by atoms with Gasteiger partial charge in [0.2, 0.25) is 0 Å². The Morgan fingerprint density at radius 1 is 0.976 bits per heavy atom. The molecule has 2 N–H and O–H groups in total. The van der Waals surface area contributed by atoms with Crippen LogP contribution in [0.15, 0.2) is 52.9 Å². The average Bonchev–Trinajstić information content (AvgIpc) is 2.87. The van der Waals surface area contributed by atoms with Crippen LogP contribution in [0.3, 0.4) is 0 Å². The molecule has 2 aliphatic carbocycles. The molecule has 222 valence electrons. The summed E-state index contributed by atoms with van der Waals surface area (Å²) in [4.78, 5) is 40.2. The third-order valence-corrected chi connectivity index (χ3v) is 9.33. The van der Waals surface area contributed by atoms with Crippen molar-refractivity contribution in [1.29, 1.82) is 0 Å². The van der Waals surface area contributed by atoms with Gasteiger partial charge in [-0.05, 0) is 95.0 Å². The zero-order valence-electron chi connectivity index (χ0n) is 25.4. The number of Topliss-reactive ketones (excluding diaryl/α,β-unsaturated/α-hetero) is 2. The van der Waals surface area contributed by atoms with Crippen LogP contribution in [0.1, 0.15) is 76.0 Å². The summed E-state index contributed by atoms with van der Waals surface area (Å²) in [6.45, 7) is 12.2. The summed E-state index contributed by atoms with van der Waals surface area (Å²) in [7, 11) is 1.55. The molecule has 0 radical (unpaired) electrons. The fourth-order valence-electron chi connectivity index (χ4n) is 6.48. The van der Waals surface area contributed by atoms with Crippen molar-refractivity contribution >= 4 is 45.8 Å². The number of ether oxygens (including phenoxy) is 2. The van der Waals surface area contributed by atoms with Crippen LogP contribution in [0.2, 0.25) is 0 Å². The molecule has 42 heavy (non-hydrogen) atoms. The molecule has 2 aromatic carbocycles. The largest absolute Gasteiger partial charge is 0.493 e. The van der Waals surface area contributed by atoms with Crippen LogP contribution >= 0.6 is 22.6 Å². The van der Waals surface area contributed by atoms with E-state index >= 15 is 0 Å². The number of hydrogen-bond acceptors (Lipinski definition) is 6. The molecule has 0 bridgehead atoms. The molecule has 7 nitrogen and oxygen atoms in total. The van der Waals surface area contributed by atoms with E-state index in [0.717, 1.165) is 50.2 Å². The second kappa shape index (κ2) is 11.2. The van der Waals surface area contributed by atoms with Crippen LogP contribution in [0.25, 0.3) is 0 Å². The van der Waals surface area contributed by atoms with E-state index in [1.54, 1.807) is 7.11 Å². The van der Waals surface area contributed by atoms with Crippen LogP contribution in [0.5, 0.6) is 11.5 Å². The molecular formula is C34H39IN2O5. The number of benzene rings is 2. The molecule has 1 heterocycles. The first-order valence-corrected chi connectivity index (χ1v) is 15.4. The standard InChI is InChI=1S/C34H39IN2O5/c1-18-9-8-10-22(19(18)2)37-28(40)17-42-32-21(35)11-20(12-27(32)41-7)29-30-23(13-33(3,4)15-25(30)38)36-24-14-34(5,6)16-26(39)31(24)29/h8-12,29,36H,13-17H2,1-7H3,(H,37,40). The fourth-order valence-corrected chi connectivity index (χ4v) is 7.26. The molecule has 8 heteroatoms. The zero-order chi connectivity index (χ0) is 30.6. The van der Waals surface area contributed by atoms with Crippen LogP contribution in [0, 0.1) is 28.2 Å². The first-order valence-electron chi connectivity index (χ1n) is 14.4. The van der Waals surface area contributed by atoms with Crippen LogP contribution in [-0.4, -0.2) is 31.2 Å². The number of hydrogen-bond donors (Lipinski definition) is 2. The van der Waals surface area contributed by atoms with Gasteiger partial charge in [0.25, 0.3) is 5.91 Å². The third-order valence-electron chi connectivity index (χ3n) is 8.53. The topological polar surface area (TPSA) is 93.7 Å². The second-order valence-electron chi connectivity index (χ2n) is 13.3. The van der Waals surface area contributed by atoms with Crippen molar-refractivity contribution in [3.8, 4) is 11.5 Å². The monoisotopic (exact) mass is 682 g/mol. The van der Waals surface area contributed by atoms with Crippen molar-refractivity contribution < 1.29 is 23.9 Å². The van der Waals surface area contributed by atoms with Crippen LogP contribution < -0.4 is 20.1 Å². The van der Waals surface area contributed by atoms with Crippen molar-refractivity contribution in [3.63, 3.8) is 0 Å². The summed E-state index contributed by atoms with van der Waals surface area (Å²) >= 11 is 2.17. The van der Waals surface area contributed by atoms with Gasteiger partial charge in [0.05, 0.1) is 10.7 Å². The van der Waals surface area contributed by atoms with Gasteiger partial charge in [-0.25, -0.2) is 0 Å². The number of ketones is 2. The number of carbonyl (C=O) groups is 3. The number of amides is 1. The molecule has 0 saturated carbocycles. The molecule has 0 fully saturated rings. The van der Waals surface area contributed by atoms with E-state index in [1.165, 1.54) is 0 Å². The first-order chi connectivity index (χ1) is 19.7. The Hall–Kier alpha value is -3.14. The Kier molecular flexibility index (Phi) is 8.06. The van der Waals surface area contributed by atoms with Gasteiger partial charge in [-0.15, -0.1) is 0 Å². The lowest BCUT2D eigenvalue weighted by molar-refractivity contribution is -0.119. The zero-order valence-corrected chi connectivity index (χ0v) is 27.6. The highest BCUT2D eigenvalue weighted by Crippen LogP contribution is 2.52. The molecule has 0 saturated heterocycles. The number of dihydropyridines is 1. The van der Waals surface area contributed by atoms with E-state index in [2.05, 4.69) is 60.9 Å². The van der Waals surface area contributed by atoms with E-state index in [0.29, 0.717) is 35.5 Å². The van der Waals surface area contributed by atoms with Crippen molar-refractivity contribution in [2.45, 2.75) is 73.1 Å². The van der Waals surface area contributed by atoms with E-state index in [-0.39, 0.29) is 34.9 Å². The number of allylic oxidation sites excluding steroid dienone is 4. The quantitative estimate of drug-likeness (QED) is 0.322. The van der Waals surface area contributed by atoms with Crippen LogP contribution in [-0.2, 0) is 14.4 Å². The van der Waals surface area contributed by atoms with Gasteiger partial charge in [0, 0.05) is 47.0 Å². The summed E-state index contributed by atoms with van der Waals surface area (Å²) in [6.07, 6.45) is 2.33. The SMILES string of the molecule is COc1cc(C2C3=C(CC(C)(C)CC3=O)NC3=C2C(=O)CC(C)(C)C3)cc(I)c1OCC(=O)Nc1cccc(C)c1C. The first kappa shape index (κ1) is 30.3. The highest BCUT2D eigenvalue weighted by Gasteiger charge is 2.46. The number of anilines is 1. The lowest BCUT2D eigenvalue weighted by Gasteiger charge is -2.44. The van der Waals surface area contributed by atoms with Gasteiger partial charge in [0.15, 0.2) is 29.7 Å². The fraction of sp³-hybridized carbons (Fsp3) is 0.441. The summed E-state index contributed by atoms with van der Waals surface area (Å²) in [5.41, 5.74) is 6.53. The highest BCUT2D eigenvalue weighted by atomic mass is 127. The second-order valence-corrected chi connectivity index (χ2v) is 14.5. The van der Waals surface area contributed by atoms with E-state index in [9.17, 15) is 14.4 Å². The Balaban J connectivity index is 1.50. The number of aryl methyl sites for hydroxylation is 1. The van der Waals surface area contributed by atoms with Gasteiger partial charge in [-0.3, -0.25) is 14.4 Å². The van der Waals surface area contributed by atoms with Crippen molar-refractivity contribution in [2.24, 2.45) is 10.8 Å². The van der Waals surface area contributed by atoms with Crippen LogP contribution in [0.4, 0.5) is 5.69 Å². The van der Waals surface area contributed by atoms with Crippen molar-refractivity contribution in [1.82, 2.24) is 5.32 Å². The molecule has 0 spiro atoms. The number of rotatable bonds is 6. The lowest BCUT2D eigenvalue weighted by Crippen LogP contribution is -2.42. The maximum atomic E-state index is 13.7. The van der Waals surface area contributed by atoms with Gasteiger partial charge < -0.3 is 20.1 Å². The lowest BCUT2D eigenvalue weighted by atomic mass is 9.64. The Morgan fingerprint density at radius 3 is 2.14 bits per heavy atom. The minimum Gasteiger partial charge on any atom is -0.493 e. The van der Waals surface area contributed by atoms with Gasteiger partial charge in [-0.1, -0.05) is 39.8 Å². The number of methoxy groups -OCH3 is 1. The van der Waals surface area contributed by atoms with E-state index in [4.69, 9.17) is 9.47 Å². The summed E-state index contributed by atoms with van der Waals surface area (Å²) in [5, 5.41) is 6.48. The predicted octanol–water partition coefficient (Wildman–Crippen LogP) is 6.91. The van der Waals surface area contributed by atoms with Gasteiger partial charge in [-0.2, -0.15) is 0 Å². The molecule has 0 unspecified atom stereocenters. The maximum absolute atomic E-state index is 13.7. The molecule has 2 aromatic rings. The normalized spacial score (nSPS) is 19.6. The Labute approximate surface area is 261 Å². The summed E-state index contributed by atoms with van der Waals surface area (Å²) < 4.78 is 12.5. The summed E-state index contributed by atoms with van der Waals surface area (Å²) in [5.74, 6) is 0.279. The average molecular weight is 683 g/mol. The Bertz CT molecular complexity index is 1510.